The fourth-order valence-corrected chi connectivity index (χ4v) is 9.01. The number of unbranched alkanes of at least 4 members (excludes halogenated alkanes) is 8. The van der Waals surface area contributed by atoms with Gasteiger partial charge in [-0.3, -0.25) is 9.48 Å². The normalized spacial score (nSPS) is 11.5. The van der Waals surface area contributed by atoms with Gasteiger partial charge in [0.15, 0.2) is 0 Å². The highest BCUT2D eigenvalue weighted by Gasteiger charge is 2.45. The smallest absolute Gasteiger partial charge is 0.303 e. The Morgan fingerprint density at radius 3 is 1.70 bits per heavy atom. The minimum Gasteiger partial charge on any atom is -0.481 e. The van der Waals surface area contributed by atoms with Gasteiger partial charge in [0.25, 0.3) is 0 Å². The van der Waals surface area contributed by atoms with Crippen LogP contribution in [0.2, 0.25) is 0 Å². The molecule has 0 saturated heterocycles. The van der Waals surface area contributed by atoms with Gasteiger partial charge in [-0.15, -0.1) is 0 Å². The van der Waals surface area contributed by atoms with E-state index in [1.165, 1.54) is 60.6 Å². The Balaban J connectivity index is 1.60. The number of benzene rings is 2. The highest BCUT2D eigenvalue weighted by molar-refractivity contribution is 7.95. The van der Waals surface area contributed by atoms with E-state index in [1.807, 2.05) is 11.7 Å². The van der Waals surface area contributed by atoms with Crippen LogP contribution in [0.3, 0.4) is 0 Å². The first-order chi connectivity index (χ1) is 16.1. The Hall–Kier alpha value is -2.45. The largest absolute Gasteiger partial charge is 0.481 e. The molecule has 0 fully saturated rings. The van der Waals surface area contributed by atoms with Gasteiger partial charge in [0, 0.05) is 13.5 Å². The maximum atomic E-state index is 10.6. The second kappa shape index (κ2) is 13.3. The van der Waals surface area contributed by atoms with Gasteiger partial charge < -0.3 is 5.11 Å². The standard InChI is InChI=1S/C28H37N2O2P/c1-30-24-27(23-29-30)33(25-17-11-9-12-18-25,26-19-13-10-14-20-26)22-16-8-6-4-2-3-5-7-15-21-28(31)32/h9-14,17-20,23-24H,2-8,15-16,21-22H2,1H3/p+1. The molecule has 2 aromatic carbocycles. The summed E-state index contributed by atoms with van der Waals surface area (Å²) in [6, 6.07) is 22.1. The van der Waals surface area contributed by atoms with Crippen molar-refractivity contribution < 1.29 is 9.90 Å². The molecule has 0 aliphatic heterocycles. The quantitative estimate of drug-likeness (QED) is 0.231. The Bertz CT molecular complexity index is 917. The van der Waals surface area contributed by atoms with E-state index in [0.29, 0.717) is 6.42 Å². The summed E-state index contributed by atoms with van der Waals surface area (Å²) in [5.74, 6) is -0.675. The summed E-state index contributed by atoms with van der Waals surface area (Å²) in [5.41, 5.74) is 0. The molecule has 0 aliphatic carbocycles. The van der Waals surface area contributed by atoms with Crippen molar-refractivity contribution in [2.45, 2.75) is 64.2 Å². The monoisotopic (exact) mass is 465 g/mol. The van der Waals surface area contributed by atoms with E-state index < -0.39 is 13.2 Å². The van der Waals surface area contributed by atoms with Crippen molar-refractivity contribution in [3.8, 4) is 0 Å². The Kier molecular flexibility index (Phi) is 10.2. The van der Waals surface area contributed by atoms with Gasteiger partial charge in [0.2, 0.25) is 0 Å². The van der Waals surface area contributed by atoms with Crippen molar-refractivity contribution >= 4 is 29.1 Å². The van der Waals surface area contributed by atoms with Gasteiger partial charge in [-0.25, -0.2) is 0 Å². The lowest BCUT2D eigenvalue weighted by Crippen LogP contribution is -2.33. The molecule has 0 saturated carbocycles. The van der Waals surface area contributed by atoms with Crippen molar-refractivity contribution in [2.75, 3.05) is 6.16 Å². The minimum absolute atomic E-state index is 0.310. The van der Waals surface area contributed by atoms with Crippen LogP contribution < -0.4 is 15.9 Å². The minimum atomic E-state index is -1.75. The van der Waals surface area contributed by atoms with E-state index in [2.05, 4.69) is 78.2 Å². The number of hydrogen-bond acceptors (Lipinski definition) is 2. The molecule has 1 N–H and O–H groups in total. The number of carbonyl (C=O) groups is 1. The third-order valence-electron chi connectivity index (χ3n) is 6.41. The number of rotatable bonds is 15. The molecule has 0 radical (unpaired) electrons. The van der Waals surface area contributed by atoms with Crippen LogP contribution in [0.15, 0.2) is 73.1 Å². The zero-order valence-electron chi connectivity index (χ0n) is 19.9. The third kappa shape index (κ3) is 7.27. The van der Waals surface area contributed by atoms with Crippen LogP contribution in [-0.2, 0) is 11.8 Å². The highest BCUT2D eigenvalue weighted by atomic mass is 31.2. The summed E-state index contributed by atoms with van der Waals surface area (Å²) in [7, 11) is 0.264. The topological polar surface area (TPSA) is 55.1 Å². The van der Waals surface area contributed by atoms with E-state index in [4.69, 9.17) is 5.11 Å². The van der Waals surface area contributed by atoms with Crippen molar-refractivity contribution in [1.29, 1.82) is 0 Å². The summed E-state index contributed by atoms with van der Waals surface area (Å²) in [6.07, 6.45) is 16.3. The van der Waals surface area contributed by atoms with Crippen molar-refractivity contribution in [3.05, 3.63) is 73.1 Å². The van der Waals surface area contributed by atoms with Crippen LogP contribution >= 0.6 is 7.26 Å². The molecule has 0 aliphatic rings. The van der Waals surface area contributed by atoms with Gasteiger partial charge in [0.1, 0.15) is 23.2 Å². The molecule has 0 spiro atoms. The van der Waals surface area contributed by atoms with Gasteiger partial charge in [-0.05, 0) is 43.5 Å². The Labute approximate surface area is 199 Å². The Morgan fingerprint density at radius 2 is 1.24 bits per heavy atom. The maximum absolute atomic E-state index is 10.6. The number of aliphatic carboxylic acids is 1. The number of carboxylic acid groups (broad SMARTS) is 1. The van der Waals surface area contributed by atoms with Crippen LogP contribution in [-0.4, -0.2) is 27.0 Å². The second-order valence-corrected chi connectivity index (χ2v) is 12.5. The molecule has 33 heavy (non-hydrogen) atoms. The molecular weight excluding hydrogens is 427 g/mol. The van der Waals surface area contributed by atoms with Crippen molar-refractivity contribution in [1.82, 2.24) is 9.78 Å². The SMILES string of the molecule is Cn1cc([P+](CCCCCCCCCCCC(=O)O)(c2ccccc2)c2ccccc2)cn1. The van der Waals surface area contributed by atoms with E-state index in [0.717, 1.165) is 19.3 Å². The fourth-order valence-electron chi connectivity index (χ4n) is 4.67. The van der Waals surface area contributed by atoms with Crippen molar-refractivity contribution in [3.63, 3.8) is 0 Å². The zero-order chi connectivity index (χ0) is 23.4. The molecule has 5 heteroatoms. The predicted molar refractivity (Wildman–Crippen MR) is 141 cm³/mol. The van der Waals surface area contributed by atoms with Crippen LogP contribution in [0.4, 0.5) is 0 Å². The van der Waals surface area contributed by atoms with Crippen LogP contribution in [0.1, 0.15) is 64.2 Å². The van der Waals surface area contributed by atoms with Gasteiger partial charge >= 0.3 is 5.97 Å². The van der Waals surface area contributed by atoms with Crippen LogP contribution in [0.5, 0.6) is 0 Å². The molecule has 0 atom stereocenters. The first kappa shape index (κ1) is 25.2. The maximum Gasteiger partial charge on any atom is 0.303 e. The van der Waals surface area contributed by atoms with Gasteiger partial charge in [0.05, 0.1) is 18.6 Å². The first-order valence-electron chi connectivity index (χ1n) is 12.3. The summed E-state index contributed by atoms with van der Waals surface area (Å²) in [6.45, 7) is 0. The molecule has 0 unspecified atom stereocenters. The van der Waals surface area contributed by atoms with Crippen LogP contribution in [0.25, 0.3) is 0 Å². The predicted octanol–water partition coefficient (Wildman–Crippen LogP) is 5.70. The molecule has 4 nitrogen and oxygen atoms in total. The average Bonchev–Trinajstić information content (AvgIpc) is 3.27. The summed E-state index contributed by atoms with van der Waals surface area (Å²) >= 11 is 0. The number of carboxylic acids is 1. The summed E-state index contributed by atoms with van der Waals surface area (Å²) in [4.78, 5) is 10.6. The number of hydrogen-bond donors (Lipinski definition) is 1. The van der Waals surface area contributed by atoms with E-state index in [9.17, 15) is 4.79 Å². The molecule has 1 aromatic heterocycles. The van der Waals surface area contributed by atoms with Gasteiger partial charge in [-0.2, -0.15) is 5.10 Å². The number of aromatic nitrogens is 2. The number of aryl methyl sites for hydroxylation is 1. The number of nitrogens with zero attached hydrogens (tertiary/aromatic N) is 2. The highest BCUT2D eigenvalue weighted by Crippen LogP contribution is 2.55. The molecule has 176 valence electrons. The lowest BCUT2D eigenvalue weighted by Gasteiger charge is -2.26. The second-order valence-electron chi connectivity index (χ2n) is 8.90. The molecule has 1 heterocycles. The van der Waals surface area contributed by atoms with E-state index in [1.54, 1.807) is 0 Å². The molecule has 0 amide bonds. The molecular formula is C28H38N2O2P+. The lowest BCUT2D eigenvalue weighted by molar-refractivity contribution is -0.137. The zero-order valence-corrected chi connectivity index (χ0v) is 20.8. The first-order valence-corrected chi connectivity index (χ1v) is 14.3. The average molecular weight is 466 g/mol. The van der Waals surface area contributed by atoms with E-state index >= 15 is 0 Å². The molecule has 0 bridgehead atoms. The third-order valence-corrected chi connectivity index (χ3v) is 10.9. The molecule has 3 aromatic rings. The Morgan fingerprint density at radius 1 is 0.758 bits per heavy atom. The van der Waals surface area contributed by atoms with Gasteiger partial charge in [-0.1, -0.05) is 74.9 Å². The summed E-state index contributed by atoms with van der Waals surface area (Å²) < 4.78 is 1.94. The van der Waals surface area contributed by atoms with E-state index in [-0.39, 0.29) is 0 Å². The lowest BCUT2D eigenvalue weighted by atomic mass is 10.1. The van der Waals surface area contributed by atoms with Crippen LogP contribution in [0, 0.1) is 0 Å². The fraction of sp³-hybridized carbons (Fsp3) is 0.429. The van der Waals surface area contributed by atoms with Crippen molar-refractivity contribution in [2.24, 2.45) is 7.05 Å². The summed E-state index contributed by atoms with van der Waals surface area (Å²) in [5, 5.41) is 17.5. The molecule has 3 rings (SSSR count).